The van der Waals surface area contributed by atoms with Gasteiger partial charge in [-0.15, -0.1) is 11.8 Å². The largest absolute Gasteiger partial charge is 0.326 e. The number of benzene rings is 1. The van der Waals surface area contributed by atoms with Crippen LogP contribution in [-0.2, 0) is 11.3 Å². The smallest absolute Gasteiger partial charge is 0.225 e. The van der Waals surface area contributed by atoms with Crippen LogP contribution in [0.4, 0.5) is 5.69 Å². The van der Waals surface area contributed by atoms with Crippen LogP contribution in [0.25, 0.3) is 0 Å². The van der Waals surface area contributed by atoms with Crippen molar-refractivity contribution in [3.63, 3.8) is 0 Å². The van der Waals surface area contributed by atoms with Crippen LogP contribution in [-0.4, -0.2) is 34.6 Å². The molecule has 1 aromatic heterocycles. The van der Waals surface area contributed by atoms with Crippen LogP contribution in [0.5, 0.6) is 0 Å². The minimum Gasteiger partial charge on any atom is -0.326 e. The molecule has 5 heteroatoms. The zero-order valence-electron chi connectivity index (χ0n) is 13.8. The second kappa shape index (κ2) is 8.85. The van der Waals surface area contributed by atoms with Crippen molar-refractivity contribution in [3.05, 3.63) is 54.2 Å². The molecule has 0 unspecified atom stereocenters. The quantitative estimate of drug-likeness (QED) is 0.778. The van der Waals surface area contributed by atoms with E-state index in [1.54, 1.807) is 18.0 Å². The second-order valence-corrected chi connectivity index (χ2v) is 7.07. The molecule has 0 radical (unpaired) electrons. The normalized spacial score (nSPS) is 14.7. The van der Waals surface area contributed by atoms with Crippen molar-refractivity contribution in [2.24, 2.45) is 0 Å². The fourth-order valence-corrected chi connectivity index (χ4v) is 3.66. The van der Waals surface area contributed by atoms with Gasteiger partial charge < -0.3 is 5.32 Å². The summed E-state index contributed by atoms with van der Waals surface area (Å²) in [5, 5.41) is 4.03. The Morgan fingerprint density at radius 3 is 2.71 bits per heavy atom. The molecule has 24 heavy (non-hydrogen) atoms. The van der Waals surface area contributed by atoms with E-state index in [1.807, 2.05) is 36.4 Å². The summed E-state index contributed by atoms with van der Waals surface area (Å²) in [6, 6.07) is 13.9. The molecule has 0 bridgehead atoms. The van der Waals surface area contributed by atoms with Crippen molar-refractivity contribution in [1.29, 1.82) is 0 Å². The monoisotopic (exact) mass is 341 g/mol. The summed E-state index contributed by atoms with van der Waals surface area (Å²) in [5.41, 5.74) is 2.14. The van der Waals surface area contributed by atoms with Crippen LogP contribution in [0.1, 0.15) is 24.8 Å². The fourth-order valence-electron chi connectivity index (χ4n) is 2.86. The molecule has 1 aromatic carbocycles. The van der Waals surface area contributed by atoms with Gasteiger partial charge in [0, 0.05) is 30.6 Å². The van der Waals surface area contributed by atoms with Crippen LogP contribution in [0.2, 0.25) is 0 Å². The molecule has 1 fully saturated rings. The Morgan fingerprint density at radius 2 is 1.92 bits per heavy atom. The maximum atomic E-state index is 12.2. The number of likely N-dealkylation sites (tertiary alicyclic amines) is 1. The highest BCUT2D eigenvalue weighted by atomic mass is 32.2. The summed E-state index contributed by atoms with van der Waals surface area (Å²) in [6.07, 6.45) is 4.81. The molecular weight excluding hydrogens is 318 g/mol. The lowest BCUT2D eigenvalue weighted by atomic mass is 10.1. The average Bonchev–Trinajstić information content (AvgIpc) is 3.11. The van der Waals surface area contributed by atoms with Gasteiger partial charge in [-0.1, -0.05) is 24.3 Å². The van der Waals surface area contributed by atoms with Gasteiger partial charge in [-0.3, -0.25) is 9.69 Å². The number of pyridine rings is 1. The highest BCUT2D eigenvalue weighted by Crippen LogP contribution is 2.21. The highest BCUT2D eigenvalue weighted by molar-refractivity contribution is 7.99. The average molecular weight is 341 g/mol. The maximum Gasteiger partial charge on any atom is 0.225 e. The first-order valence-electron chi connectivity index (χ1n) is 8.45. The number of rotatable bonds is 7. The molecule has 0 aliphatic carbocycles. The van der Waals surface area contributed by atoms with Gasteiger partial charge in [-0.25, -0.2) is 4.98 Å². The zero-order valence-corrected chi connectivity index (χ0v) is 14.6. The lowest BCUT2D eigenvalue weighted by molar-refractivity contribution is -0.115. The van der Waals surface area contributed by atoms with Crippen LogP contribution in [0, 0.1) is 0 Å². The fraction of sp³-hybridized carbons (Fsp3) is 0.368. The molecule has 1 N–H and O–H groups in total. The third-order valence-electron chi connectivity index (χ3n) is 4.10. The van der Waals surface area contributed by atoms with Crippen LogP contribution in [0.3, 0.4) is 0 Å². The molecule has 1 saturated heterocycles. The van der Waals surface area contributed by atoms with Gasteiger partial charge in [0.1, 0.15) is 0 Å². The van der Waals surface area contributed by atoms with E-state index in [9.17, 15) is 4.79 Å². The number of thioether (sulfide) groups is 1. The molecule has 0 spiro atoms. The Morgan fingerprint density at radius 1 is 1.12 bits per heavy atom. The summed E-state index contributed by atoms with van der Waals surface area (Å²) in [6.45, 7) is 3.23. The topological polar surface area (TPSA) is 45.2 Å². The number of nitrogens with one attached hydrogen (secondary N) is 1. The summed E-state index contributed by atoms with van der Waals surface area (Å²) < 4.78 is 0. The molecule has 2 heterocycles. The SMILES string of the molecule is O=C(CCSc1ccccn1)Nc1ccccc1CN1CCCC1. The molecule has 126 valence electrons. The van der Waals surface area contributed by atoms with Crippen molar-refractivity contribution >= 4 is 23.4 Å². The maximum absolute atomic E-state index is 12.2. The molecule has 3 rings (SSSR count). The number of hydrogen-bond acceptors (Lipinski definition) is 4. The van der Waals surface area contributed by atoms with E-state index >= 15 is 0 Å². The number of carbonyl (C=O) groups excluding carboxylic acids is 1. The third kappa shape index (κ3) is 5.08. The van der Waals surface area contributed by atoms with Crippen LogP contribution >= 0.6 is 11.8 Å². The summed E-state index contributed by atoms with van der Waals surface area (Å²) in [7, 11) is 0. The van der Waals surface area contributed by atoms with Crippen LogP contribution in [0.15, 0.2) is 53.7 Å². The van der Waals surface area contributed by atoms with Gasteiger partial charge in [0.2, 0.25) is 5.91 Å². The molecule has 4 nitrogen and oxygen atoms in total. The first kappa shape index (κ1) is 17.0. The highest BCUT2D eigenvalue weighted by Gasteiger charge is 2.14. The minimum atomic E-state index is 0.0623. The number of aromatic nitrogens is 1. The molecule has 1 amide bonds. The molecule has 0 atom stereocenters. The van der Waals surface area contributed by atoms with Gasteiger partial charge in [0.25, 0.3) is 0 Å². The van der Waals surface area contributed by atoms with Gasteiger partial charge in [-0.05, 0) is 49.7 Å². The summed E-state index contributed by atoms with van der Waals surface area (Å²) >= 11 is 1.61. The van der Waals surface area contributed by atoms with E-state index < -0.39 is 0 Å². The third-order valence-corrected chi connectivity index (χ3v) is 5.05. The number of hydrogen-bond donors (Lipinski definition) is 1. The predicted molar refractivity (Wildman–Crippen MR) is 99.2 cm³/mol. The Labute approximate surface area is 147 Å². The number of amides is 1. The van der Waals surface area contributed by atoms with Gasteiger partial charge in [0.15, 0.2) is 0 Å². The van der Waals surface area contributed by atoms with Crippen molar-refractivity contribution < 1.29 is 4.79 Å². The summed E-state index contributed by atoms with van der Waals surface area (Å²) in [5.74, 6) is 0.796. The first-order chi connectivity index (χ1) is 11.8. The van der Waals surface area contributed by atoms with E-state index in [-0.39, 0.29) is 5.91 Å². The Hall–Kier alpha value is -1.85. The standard InChI is InChI=1S/C19H23N3OS/c23-18(10-14-24-19-9-3-4-11-20-19)21-17-8-2-1-7-16(17)15-22-12-5-6-13-22/h1-4,7-9,11H,5-6,10,12-15H2,(H,21,23). The van der Waals surface area contributed by atoms with Crippen molar-refractivity contribution in [3.8, 4) is 0 Å². The number of anilines is 1. The lowest BCUT2D eigenvalue weighted by Gasteiger charge is -2.17. The van der Waals surface area contributed by atoms with Crippen molar-refractivity contribution in [2.75, 3.05) is 24.2 Å². The van der Waals surface area contributed by atoms with Crippen LogP contribution < -0.4 is 5.32 Å². The number of carbonyl (C=O) groups is 1. The van der Waals surface area contributed by atoms with E-state index in [1.165, 1.54) is 18.4 Å². The Bertz CT molecular complexity index is 657. The number of para-hydroxylation sites is 1. The van der Waals surface area contributed by atoms with E-state index in [0.717, 1.165) is 36.1 Å². The van der Waals surface area contributed by atoms with Gasteiger partial charge in [0.05, 0.1) is 5.03 Å². The minimum absolute atomic E-state index is 0.0623. The van der Waals surface area contributed by atoms with E-state index in [0.29, 0.717) is 6.42 Å². The molecule has 0 saturated carbocycles. The first-order valence-corrected chi connectivity index (χ1v) is 9.44. The predicted octanol–water partition coefficient (Wildman–Crippen LogP) is 3.80. The van der Waals surface area contributed by atoms with Gasteiger partial charge in [-0.2, -0.15) is 0 Å². The molecule has 1 aliphatic rings. The second-order valence-electron chi connectivity index (χ2n) is 5.96. The van der Waals surface area contributed by atoms with Crippen molar-refractivity contribution in [2.45, 2.75) is 30.8 Å². The lowest BCUT2D eigenvalue weighted by Crippen LogP contribution is -2.20. The number of nitrogens with zero attached hydrogens (tertiary/aromatic N) is 2. The molecule has 1 aliphatic heterocycles. The van der Waals surface area contributed by atoms with E-state index in [2.05, 4.69) is 21.3 Å². The molecule has 2 aromatic rings. The Kier molecular flexibility index (Phi) is 6.26. The van der Waals surface area contributed by atoms with E-state index in [4.69, 9.17) is 0 Å². The Balaban J connectivity index is 1.50. The molecular formula is C19H23N3OS. The van der Waals surface area contributed by atoms with Crippen molar-refractivity contribution in [1.82, 2.24) is 9.88 Å². The zero-order chi connectivity index (χ0) is 16.6. The summed E-state index contributed by atoms with van der Waals surface area (Å²) in [4.78, 5) is 18.9. The van der Waals surface area contributed by atoms with Gasteiger partial charge >= 0.3 is 0 Å².